The summed E-state index contributed by atoms with van der Waals surface area (Å²) in [5.41, 5.74) is 2.93. The number of carbonyl (C=O) groups is 1. The summed E-state index contributed by atoms with van der Waals surface area (Å²) in [4.78, 5) is 15.8. The van der Waals surface area contributed by atoms with Gasteiger partial charge in [-0.05, 0) is 63.1 Å². The zero-order valence-corrected chi connectivity index (χ0v) is 14.3. The van der Waals surface area contributed by atoms with Gasteiger partial charge >= 0.3 is 0 Å². The number of amidine groups is 1. The predicted molar refractivity (Wildman–Crippen MR) is 91.4 cm³/mol. The average molecular weight is 330 g/mol. The maximum atomic E-state index is 12.3. The van der Waals surface area contributed by atoms with Gasteiger partial charge in [0.05, 0.1) is 10.6 Å². The van der Waals surface area contributed by atoms with Crippen LogP contribution in [0, 0.1) is 6.92 Å². The van der Waals surface area contributed by atoms with Gasteiger partial charge in [-0.25, -0.2) is 4.99 Å². The first-order valence-electron chi connectivity index (χ1n) is 7.07. The van der Waals surface area contributed by atoms with Gasteiger partial charge in [0.1, 0.15) is 5.84 Å². The van der Waals surface area contributed by atoms with E-state index < -0.39 is 10.0 Å². The molecular formula is C17H18N2O3S. The molecule has 0 aliphatic heterocycles. The molecule has 1 aromatic rings. The van der Waals surface area contributed by atoms with Crippen molar-refractivity contribution in [2.45, 2.75) is 32.6 Å². The molecule has 0 N–H and O–H groups in total. The van der Waals surface area contributed by atoms with E-state index in [1.54, 1.807) is 26.0 Å². The van der Waals surface area contributed by atoms with Crippen LogP contribution in [0.15, 0.2) is 61.8 Å². The fourth-order valence-corrected chi connectivity index (χ4v) is 3.19. The van der Waals surface area contributed by atoms with E-state index in [2.05, 4.69) is 9.39 Å². The number of hydrogen-bond acceptors (Lipinski definition) is 3. The van der Waals surface area contributed by atoms with Gasteiger partial charge in [0.15, 0.2) is 5.78 Å². The molecule has 0 amide bonds. The van der Waals surface area contributed by atoms with Crippen LogP contribution in [0.25, 0.3) is 0 Å². The van der Waals surface area contributed by atoms with Gasteiger partial charge in [-0.15, -0.1) is 4.40 Å². The van der Waals surface area contributed by atoms with Crippen molar-refractivity contribution in [1.29, 1.82) is 0 Å². The Morgan fingerprint density at radius 3 is 2.00 bits per heavy atom. The van der Waals surface area contributed by atoms with Crippen LogP contribution < -0.4 is 0 Å². The van der Waals surface area contributed by atoms with Crippen LogP contribution in [0.2, 0.25) is 0 Å². The highest BCUT2D eigenvalue weighted by Crippen LogP contribution is 2.16. The van der Waals surface area contributed by atoms with Crippen LogP contribution in [0.4, 0.5) is 0 Å². The smallest absolute Gasteiger partial charge is 0.283 e. The normalized spacial score (nSPS) is 16.1. The molecule has 0 fully saturated rings. The quantitative estimate of drug-likeness (QED) is 0.475. The zero-order chi connectivity index (χ0) is 17.2. The number of aryl methyl sites for hydroxylation is 1. The Bertz CT molecular complexity index is 847. The number of benzene rings is 1. The van der Waals surface area contributed by atoms with Crippen LogP contribution in [0.5, 0.6) is 0 Å². The van der Waals surface area contributed by atoms with Gasteiger partial charge in [0.25, 0.3) is 10.0 Å². The molecule has 0 saturated heterocycles. The number of ketones is 1. The first-order chi connectivity index (χ1) is 10.7. The minimum Gasteiger partial charge on any atom is -0.290 e. The summed E-state index contributed by atoms with van der Waals surface area (Å²) in [7, 11) is -3.80. The van der Waals surface area contributed by atoms with E-state index in [1.807, 2.05) is 6.92 Å². The van der Waals surface area contributed by atoms with Crippen molar-refractivity contribution >= 4 is 27.4 Å². The third kappa shape index (κ3) is 4.10. The Labute approximate surface area is 136 Å². The van der Waals surface area contributed by atoms with Crippen LogP contribution >= 0.6 is 0 Å². The maximum absolute atomic E-state index is 12.3. The number of rotatable bonds is 2. The SMILES string of the molecule is CC1=CC(=O)C=C(C)C1=NC(C)=NS(=O)(=O)c1ccc(C)cc1. The summed E-state index contributed by atoms with van der Waals surface area (Å²) in [6.07, 6.45) is 2.93. The van der Waals surface area contributed by atoms with Crippen molar-refractivity contribution < 1.29 is 13.2 Å². The van der Waals surface area contributed by atoms with Crippen LogP contribution in [0.1, 0.15) is 26.3 Å². The highest BCUT2D eigenvalue weighted by molar-refractivity contribution is 7.90. The summed E-state index contributed by atoms with van der Waals surface area (Å²) in [6, 6.07) is 6.47. The second kappa shape index (κ2) is 6.42. The number of nitrogens with zero attached hydrogens (tertiary/aromatic N) is 2. The van der Waals surface area contributed by atoms with E-state index in [4.69, 9.17) is 0 Å². The molecule has 23 heavy (non-hydrogen) atoms. The molecule has 120 valence electrons. The van der Waals surface area contributed by atoms with Crippen molar-refractivity contribution in [3.63, 3.8) is 0 Å². The molecule has 5 nitrogen and oxygen atoms in total. The lowest BCUT2D eigenvalue weighted by Crippen LogP contribution is -2.13. The summed E-state index contributed by atoms with van der Waals surface area (Å²) in [6.45, 7) is 6.92. The molecular weight excluding hydrogens is 312 g/mol. The van der Waals surface area contributed by atoms with Crippen LogP contribution in [-0.2, 0) is 14.8 Å². The third-order valence-corrected chi connectivity index (χ3v) is 4.68. The van der Waals surface area contributed by atoms with E-state index in [9.17, 15) is 13.2 Å². The van der Waals surface area contributed by atoms with E-state index in [-0.39, 0.29) is 16.5 Å². The number of sulfonamides is 1. The molecule has 0 unspecified atom stereocenters. The van der Waals surface area contributed by atoms with E-state index in [1.165, 1.54) is 31.2 Å². The maximum Gasteiger partial charge on any atom is 0.283 e. The lowest BCUT2D eigenvalue weighted by Gasteiger charge is -2.11. The Morgan fingerprint density at radius 2 is 1.48 bits per heavy atom. The first-order valence-corrected chi connectivity index (χ1v) is 8.51. The third-order valence-electron chi connectivity index (χ3n) is 3.31. The number of hydrogen-bond donors (Lipinski definition) is 0. The molecule has 0 bridgehead atoms. The molecule has 0 aromatic heterocycles. The second-order valence-electron chi connectivity index (χ2n) is 5.44. The molecule has 0 saturated carbocycles. The first kappa shape index (κ1) is 17.0. The van der Waals surface area contributed by atoms with Crippen LogP contribution in [0.3, 0.4) is 0 Å². The molecule has 1 aliphatic carbocycles. The second-order valence-corrected chi connectivity index (χ2v) is 7.05. The van der Waals surface area contributed by atoms with Crippen LogP contribution in [-0.4, -0.2) is 25.7 Å². The van der Waals surface area contributed by atoms with Crippen molar-refractivity contribution in [3.8, 4) is 0 Å². The molecule has 2 rings (SSSR count). The Balaban J connectivity index is 2.38. The largest absolute Gasteiger partial charge is 0.290 e. The molecule has 0 heterocycles. The van der Waals surface area contributed by atoms with E-state index in [0.717, 1.165) is 5.56 Å². The van der Waals surface area contributed by atoms with Gasteiger partial charge in [0.2, 0.25) is 0 Å². The minimum absolute atomic E-state index is 0.0965. The Morgan fingerprint density at radius 1 is 0.957 bits per heavy atom. The fraction of sp³-hybridized carbons (Fsp3) is 0.235. The average Bonchev–Trinajstić information content (AvgIpc) is 2.42. The summed E-state index contributed by atoms with van der Waals surface area (Å²) in [5.74, 6) is 0.0243. The number of carbonyl (C=O) groups excluding carboxylic acids is 1. The molecule has 1 aliphatic rings. The number of allylic oxidation sites excluding steroid dienone is 4. The van der Waals surface area contributed by atoms with Crippen molar-refractivity contribution in [3.05, 3.63) is 53.1 Å². The minimum atomic E-state index is -3.80. The van der Waals surface area contributed by atoms with E-state index >= 15 is 0 Å². The highest BCUT2D eigenvalue weighted by atomic mass is 32.2. The lowest BCUT2D eigenvalue weighted by atomic mass is 9.97. The topological polar surface area (TPSA) is 75.9 Å². The molecule has 6 heteroatoms. The fourth-order valence-electron chi connectivity index (χ4n) is 2.21. The molecule has 0 spiro atoms. The van der Waals surface area contributed by atoms with Gasteiger partial charge < -0.3 is 0 Å². The highest BCUT2D eigenvalue weighted by Gasteiger charge is 2.16. The molecule has 0 atom stereocenters. The van der Waals surface area contributed by atoms with Gasteiger partial charge in [0, 0.05) is 0 Å². The lowest BCUT2D eigenvalue weighted by molar-refractivity contribution is -0.110. The van der Waals surface area contributed by atoms with Gasteiger partial charge in [-0.3, -0.25) is 4.79 Å². The van der Waals surface area contributed by atoms with Gasteiger partial charge in [-0.1, -0.05) is 17.7 Å². The van der Waals surface area contributed by atoms with Gasteiger partial charge in [-0.2, -0.15) is 8.42 Å². The molecule has 0 radical (unpaired) electrons. The Kier molecular flexibility index (Phi) is 4.75. The Hall–Kier alpha value is -2.34. The predicted octanol–water partition coefficient (Wildman–Crippen LogP) is 3.02. The van der Waals surface area contributed by atoms with Crippen molar-refractivity contribution in [2.24, 2.45) is 9.39 Å². The van der Waals surface area contributed by atoms with E-state index in [0.29, 0.717) is 16.9 Å². The zero-order valence-electron chi connectivity index (χ0n) is 13.5. The summed E-state index contributed by atoms with van der Waals surface area (Å²) < 4.78 is 28.3. The summed E-state index contributed by atoms with van der Waals surface area (Å²) in [5, 5.41) is 0. The van der Waals surface area contributed by atoms with Crippen molar-refractivity contribution in [2.75, 3.05) is 0 Å². The standard InChI is InChI=1S/C17H18N2O3S/c1-11-5-7-16(8-6-11)23(21,22)19-14(4)18-17-12(2)9-15(20)10-13(17)3/h5-10H,1-4H3. The monoisotopic (exact) mass is 330 g/mol. The summed E-state index contributed by atoms with van der Waals surface area (Å²) >= 11 is 0. The van der Waals surface area contributed by atoms with Crippen molar-refractivity contribution in [1.82, 2.24) is 0 Å². The molecule has 1 aromatic carbocycles. The number of aliphatic imine (C=N–C) groups is 1.